The van der Waals surface area contributed by atoms with E-state index in [0.717, 1.165) is 54.5 Å². The Balaban J connectivity index is 1.45. The summed E-state index contributed by atoms with van der Waals surface area (Å²) in [5.74, 6) is 0.443. The van der Waals surface area contributed by atoms with Crippen molar-refractivity contribution in [1.82, 2.24) is 14.6 Å². The number of hydrogen-bond donors (Lipinski definition) is 1. The number of morpholine rings is 1. The van der Waals surface area contributed by atoms with Gasteiger partial charge in [-0.05, 0) is 42.5 Å². The molecule has 2 aromatic heterocycles. The molecule has 0 saturated carbocycles. The standard InChI is InChI=1S/C24H26N6O3S/c1-28(34(2,31)32)22-6-4-3-5-21(22)23-12-11-20-17-25-24(27-30(20)23)26-18-7-9-19(10-8-18)29-13-15-33-16-14-29/h3-12,17H,13-16H2,1-2H3,(H,26,27). The van der Waals surface area contributed by atoms with Gasteiger partial charge < -0.3 is 15.0 Å². The second kappa shape index (κ2) is 8.96. The second-order valence-corrected chi connectivity index (χ2v) is 10.2. The Morgan fingerprint density at radius 2 is 1.74 bits per heavy atom. The minimum Gasteiger partial charge on any atom is -0.378 e. The maximum Gasteiger partial charge on any atom is 0.245 e. The fraction of sp³-hybridized carbons (Fsp3) is 0.250. The molecule has 1 N–H and O–H groups in total. The summed E-state index contributed by atoms with van der Waals surface area (Å²) in [5, 5.41) is 7.95. The number of aromatic nitrogens is 3. The van der Waals surface area contributed by atoms with Gasteiger partial charge in [-0.2, -0.15) is 0 Å². The summed E-state index contributed by atoms with van der Waals surface area (Å²) in [6, 6.07) is 19.4. The van der Waals surface area contributed by atoms with Crippen molar-refractivity contribution in [2.75, 3.05) is 54.1 Å². The fourth-order valence-corrected chi connectivity index (χ4v) is 4.53. The van der Waals surface area contributed by atoms with Crippen molar-refractivity contribution in [3.63, 3.8) is 0 Å². The number of sulfonamides is 1. The van der Waals surface area contributed by atoms with Crippen LogP contribution in [-0.4, -0.2) is 62.6 Å². The molecule has 0 aliphatic carbocycles. The summed E-state index contributed by atoms with van der Waals surface area (Å²) in [5.41, 5.74) is 4.95. The summed E-state index contributed by atoms with van der Waals surface area (Å²) in [6.07, 6.45) is 2.93. The molecule has 1 aliphatic heterocycles. The summed E-state index contributed by atoms with van der Waals surface area (Å²) in [7, 11) is -1.87. The van der Waals surface area contributed by atoms with Crippen LogP contribution in [0.1, 0.15) is 0 Å². The highest BCUT2D eigenvalue weighted by Crippen LogP contribution is 2.32. The molecule has 1 saturated heterocycles. The van der Waals surface area contributed by atoms with Gasteiger partial charge in [0.05, 0.1) is 42.6 Å². The van der Waals surface area contributed by atoms with Crippen molar-refractivity contribution >= 4 is 38.6 Å². The molecule has 176 valence electrons. The third-order valence-corrected chi connectivity index (χ3v) is 7.11. The molecule has 0 radical (unpaired) electrons. The number of ether oxygens (including phenoxy) is 1. The Morgan fingerprint density at radius 1 is 1.00 bits per heavy atom. The Hall–Kier alpha value is -3.63. The average molecular weight is 479 g/mol. The first-order valence-electron chi connectivity index (χ1n) is 11.0. The smallest absolute Gasteiger partial charge is 0.245 e. The highest BCUT2D eigenvalue weighted by atomic mass is 32.2. The van der Waals surface area contributed by atoms with Gasteiger partial charge in [-0.1, -0.05) is 18.2 Å². The molecular weight excluding hydrogens is 452 g/mol. The van der Waals surface area contributed by atoms with Gasteiger partial charge >= 0.3 is 0 Å². The number of nitrogens with zero attached hydrogens (tertiary/aromatic N) is 5. The molecule has 4 aromatic rings. The van der Waals surface area contributed by atoms with Gasteiger partial charge in [0, 0.05) is 37.1 Å². The first-order valence-corrected chi connectivity index (χ1v) is 12.8. The van der Waals surface area contributed by atoms with Gasteiger partial charge in [-0.3, -0.25) is 4.31 Å². The zero-order chi connectivity index (χ0) is 23.7. The first kappa shape index (κ1) is 22.2. The SMILES string of the molecule is CN(c1ccccc1-c1ccc2cnc(Nc3ccc(N4CCOCC4)cc3)nn12)S(C)(=O)=O. The normalized spacial score (nSPS) is 14.4. The summed E-state index contributed by atoms with van der Waals surface area (Å²) >= 11 is 0. The number of hydrogen-bond acceptors (Lipinski definition) is 7. The van der Waals surface area contributed by atoms with Gasteiger partial charge in [0.25, 0.3) is 0 Å². The third-order valence-electron chi connectivity index (χ3n) is 5.91. The van der Waals surface area contributed by atoms with Crippen LogP contribution in [0.4, 0.5) is 23.0 Å². The molecule has 10 heteroatoms. The van der Waals surface area contributed by atoms with E-state index in [0.29, 0.717) is 11.6 Å². The molecule has 0 unspecified atom stereocenters. The molecule has 9 nitrogen and oxygen atoms in total. The molecule has 2 aromatic carbocycles. The fourth-order valence-electron chi connectivity index (χ4n) is 4.01. The average Bonchev–Trinajstić information content (AvgIpc) is 3.27. The lowest BCUT2D eigenvalue weighted by Crippen LogP contribution is -2.36. The Morgan fingerprint density at radius 3 is 2.47 bits per heavy atom. The van der Waals surface area contributed by atoms with Crippen LogP contribution in [-0.2, 0) is 14.8 Å². The van der Waals surface area contributed by atoms with Gasteiger partial charge in [-0.15, -0.1) is 5.10 Å². The van der Waals surface area contributed by atoms with E-state index in [9.17, 15) is 8.42 Å². The van der Waals surface area contributed by atoms with E-state index < -0.39 is 10.0 Å². The topological polar surface area (TPSA) is 92.1 Å². The van der Waals surface area contributed by atoms with Crippen LogP contribution < -0.4 is 14.5 Å². The minimum atomic E-state index is -3.41. The van der Waals surface area contributed by atoms with Crippen LogP contribution in [0.25, 0.3) is 16.8 Å². The summed E-state index contributed by atoms with van der Waals surface area (Å²) in [6.45, 7) is 3.27. The van der Waals surface area contributed by atoms with Crippen LogP contribution in [0, 0.1) is 0 Å². The highest BCUT2D eigenvalue weighted by Gasteiger charge is 2.19. The van der Waals surface area contributed by atoms with Crippen molar-refractivity contribution in [1.29, 1.82) is 0 Å². The molecule has 5 rings (SSSR count). The van der Waals surface area contributed by atoms with Crippen molar-refractivity contribution in [3.8, 4) is 11.3 Å². The van der Waals surface area contributed by atoms with Crippen LogP contribution in [0.5, 0.6) is 0 Å². The number of rotatable bonds is 6. The number of nitrogens with one attached hydrogen (secondary N) is 1. The van der Waals surface area contributed by atoms with Gasteiger partial charge in [-0.25, -0.2) is 17.9 Å². The third kappa shape index (κ3) is 4.42. The predicted molar refractivity (Wildman–Crippen MR) is 134 cm³/mol. The highest BCUT2D eigenvalue weighted by molar-refractivity contribution is 7.92. The van der Waals surface area contributed by atoms with Crippen LogP contribution in [0.3, 0.4) is 0 Å². The molecule has 0 amide bonds. The quantitative estimate of drug-likeness (QED) is 0.454. The molecule has 1 aliphatic rings. The molecule has 0 spiro atoms. The number of para-hydroxylation sites is 1. The maximum atomic E-state index is 12.2. The van der Waals surface area contributed by atoms with E-state index in [4.69, 9.17) is 4.74 Å². The largest absolute Gasteiger partial charge is 0.378 e. The zero-order valence-corrected chi connectivity index (χ0v) is 19.9. The Bertz CT molecular complexity index is 1410. The summed E-state index contributed by atoms with van der Waals surface area (Å²) < 4.78 is 32.8. The van der Waals surface area contributed by atoms with Crippen molar-refractivity contribution in [3.05, 3.63) is 66.9 Å². The molecule has 0 atom stereocenters. The van der Waals surface area contributed by atoms with Crippen molar-refractivity contribution < 1.29 is 13.2 Å². The molecule has 1 fully saturated rings. The molecule has 3 heterocycles. The lowest BCUT2D eigenvalue weighted by atomic mass is 10.1. The molecular formula is C24H26N6O3S. The minimum absolute atomic E-state index is 0.443. The number of fused-ring (bicyclic) bond motifs is 1. The van der Waals surface area contributed by atoms with E-state index >= 15 is 0 Å². The van der Waals surface area contributed by atoms with E-state index in [1.807, 2.05) is 42.5 Å². The van der Waals surface area contributed by atoms with E-state index in [1.54, 1.807) is 23.8 Å². The van der Waals surface area contributed by atoms with Crippen LogP contribution in [0.15, 0.2) is 66.9 Å². The van der Waals surface area contributed by atoms with Crippen LogP contribution >= 0.6 is 0 Å². The van der Waals surface area contributed by atoms with Gasteiger partial charge in [0.1, 0.15) is 0 Å². The van der Waals surface area contributed by atoms with Crippen LogP contribution in [0.2, 0.25) is 0 Å². The zero-order valence-electron chi connectivity index (χ0n) is 19.0. The lowest BCUT2D eigenvalue weighted by molar-refractivity contribution is 0.122. The second-order valence-electron chi connectivity index (χ2n) is 8.16. The van der Waals surface area contributed by atoms with E-state index in [-0.39, 0.29) is 0 Å². The first-order chi connectivity index (χ1) is 16.4. The summed E-state index contributed by atoms with van der Waals surface area (Å²) in [4.78, 5) is 6.74. The lowest BCUT2D eigenvalue weighted by Gasteiger charge is -2.28. The van der Waals surface area contributed by atoms with Gasteiger partial charge in [0.2, 0.25) is 16.0 Å². The van der Waals surface area contributed by atoms with Gasteiger partial charge in [0.15, 0.2) is 0 Å². The Labute approximate surface area is 198 Å². The Kier molecular flexibility index (Phi) is 5.84. The van der Waals surface area contributed by atoms with Crippen molar-refractivity contribution in [2.45, 2.75) is 0 Å². The maximum absolute atomic E-state index is 12.2. The molecule has 34 heavy (non-hydrogen) atoms. The van der Waals surface area contributed by atoms with E-state index in [1.165, 1.54) is 10.6 Å². The van der Waals surface area contributed by atoms with Crippen molar-refractivity contribution in [2.24, 2.45) is 0 Å². The molecule has 0 bridgehead atoms. The monoisotopic (exact) mass is 478 g/mol. The predicted octanol–water partition coefficient (Wildman–Crippen LogP) is 3.37. The number of anilines is 4. The number of benzene rings is 2. The van der Waals surface area contributed by atoms with E-state index in [2.05, 4.69) is 32.4 Å².